The summed E-state index contributed by atoms with van der Waals surface area (Å²) in [5, 5.41) is -1.16. The van der Waals surface area contributed by atoms with E-state index in [2.05, 4.69) is 0 Å². The molecule has 0 aromatic rings. The molecule has 1 saturated heterocycles. The van der Waals surface area contributed by atoms with Gasteiger partial charge in [0.05, 0.1) is 0 Å². The number of hydrogen-bond acceptors (Lipinski definition) is 5. The molecule has 0 aliphatic carbocycles. The predicted octanol–water partition coefficient (Wildman–Crippen LogP) is -4.55. The van der Waals surface area contributed by atoms with Crippen molar-refractivity contribution in [1.82, 2.24) is 4.90 Å². The van der Waals surface area contributed by atoms with E-state index in [9.17, 15) is 18.4 Å². The topological polar surface area (TPSA) is 108 Å². The summed E-state index contributed by atoms with van der Waals surface area (Å²) in [6.07, 6.45) is -0.217. The standard InChI is InChI=1S/C5H7NO4S.Na.H2O/c1-6-4(7)2-3(5(6)8)11(9)10;;/h3H,2H2,1H3,(H,9,10);;1H2/q;+1;/p-2. The minimum absolute atomic E-state index is 0. The third kappa shape index (κ3) is 3.12. The number of carbonyl (C=O) groups excluding carboxylic acids is 2. The zero-order valence-electron chi connectivity index (χ0n) is 7.22. The number of rotatable bonds is 1. The maximum atomic E-state index is 10.9. The molecule has 0 radical (unpaired) electrons. The first-order valence-electron chi connectivity index (χ1n) is 2.92. The number of hydrogen-bond donors (Lipinski definition) is 0. The van der Waals surface area contributed by atoms with E-state index >= 15 is 0 Å². The zero-order valence-corrected chi connectivity index (χ0v) is 10.0. The van der Waals surface area contributed by atoms with E-state index < -0.39 is 28.1 Å². The average Bonchev–Trinajstić information content (AvgIpc) is 2.17. The van der Waals surface area contributed by atoms with Crippen LogP contribution >= 0.6 is 0 Å². The number of amides is 2. The summed E-state index contributed by atoms with van der Waals surface area (Å²) in [6.45, 7) is 0. The molecule has 1 aliphatic rings. The molecule has 0 aromatic carbocycles. The van der Waals surface area contributed by atoms with Crippen molar-refractivity contribution in [3.05, 3.63) is 0 Å². The number of likely N-dealkylation sites (tertiary alicyclic amines) is 1. The largest absolute Gasteiger partial charge is 1.00 e. The molecular formula is C5H7NNaO5S-. The average molecular weight is 216 g/mol. The first-order chi connectivity index (χ1) is 5.04. The first kappa shape index (κ1) is 15.7. The molecule has 0 spiro atoms. The SMILES string of the molecule is CN1C(=O)CC(S(=O)[O-])C1=O.[Na+].[OH-]. The maximum absolute atomic E-state index is 10.9. The van der Waals surface area contributed by atoms with Crippen molar-refractivity contribution in [3.8, 4) is 0 Å². The Morgan fingerprint density at radius 1 is 1.54 bits per heavy atom. The summed E-state index contributed by atoms with van der Waals surface area (Å²) < 4.78 is 20.6. The van der Waals surface area contributed by atoms with E-state index in [0.29, 0.717) is 0 Å². The second-order valence-corrected chi connectivity index (χ2v) is 3.33. The number of nitrogens with zero attached hydrogens (tertiary/aromatic N) is 1. The summed E-state index contributed by atoms with van der Waals surface area (Å²) in [6, 6.07) is 0. The third-order valence-corrected chi connectivity index (χ3v) is 2.41. The molecule has 1 aliphatic heterocycles. The van der Waals surface area contributed by atoms with Gasteiger partial charge in [0.2, 0.25) is 11.8 Å². The summed E-state index contributed by atoms with van der Waals surface area (Å²) >= 11 is -2.47. The van der Waals surface area contributed by atoms with E-state index in [1.807, 2.05) is 0 Å². The fourth-order valence-electron chi connectivity index (χ4n) is 0.872. The summed E-state index contributed by atoms with van der Waals surface area (Å²) in [5.74, 6) is -1.08. The van der Waals surface area contributed by atoms with Crippen molar-refractivity contribution in [2.45, 2.75) is 11.7 Å². The molecule has 1 heterocycles. The van der Waals surface area contributed by atoms with Crippen LogP contribution in [0, 0.1) is 0 Å². The second-order valence-electron chi connectivity index (χ2n) is 2.24. The molecule has 0 aromatic heterocycles. The minimum atomic E-state index is -2.47. The van der Waals surface area contributed by atoms with E-state index in [4.69, 9.17) is 0 Å². The van der Waals surface area contributed by atoms with Crippen LogP contribution in [0.1, 0.15) is 6.42 Å². The molecule has 1 rings (SSSR count). The predicted molar refractivity (Wildman–Crippen MR) is 37.0 cm³/mol. The molecule has 13 heavy (non-hydrogen) atoms. The Hall–Kier alpha value is 0.210. The van der Waals surface area contributed by atoms with Gasteiger partial charge in [-0.05, 0) is 11.1 Å². The van der Waals surface area contributed by atoms with Gasteiger partial charge in [-0.1, -0.05) is 0 Å². The van der Waals surface area contributed by atoms with Crippen LogP contribution in [-0.4, -0.2) is 43.2 Å². The second kappa shape index (κ2) is 5.84. The van der Waals surface area contributed by atoms with Gasteiger partial charge in [0.15, 0.2) is 0 Å². The third-order valence-electron chi connectivity index (χ3n) is 1.57. The van der Waals surface area contributed by atoms with Gasteiger partial charge in [-0.15, -0.1) is 0 Å². The Morgan fingerprint density at radius 3 is 2.15 bits per heavy atom. The van der Waals surface area contributed by atoms with Crippen LogP contribution in [0.15, 0.2) is 0 Å². The van der Waals surface area contributed by atoms with E-state index in [-0.39, 0.29) is 41.5 Å². The molecule has 8 heteroatoms. The Kier molecular flexibility index (Phi) is 7.04. The van der Waals surface area contributed by atoms with Crippen molar-refractivity contribution < 1.29 is 53.4 Å². The summed E-state index contributed by atoms with van der Waals surface area (Å²) in [5.41, 5.74) is 0. The number of carbonyl (C=O) groups is 2. The van der Waals surface area contributed by atoms with Gasteiger partial charge in [0, 0.05) is 13.5 Å². The van der Waals surface area contributed by atoms with Crippen molar-refractivity contribution in [2.75, 3.05) is 7.05 Å². The van der Waals surface area contributed by atoms with Gasteiger partial charge in [0.1, 0.15) is 5.25 Å². The van der Waals surface area contributed by atoms with Crippen molar-refractivity contribution in [3.63, 3.8) is 0 Å². The van der Waals surface area contributed by atoms with Crippen molar-refractivity contribution in [2.24, 2.45) is 0 Å². The Balaban J connectivity index is 0. The van der Waals surface area contributed by atoms with Crippen LogP contribution < -0.4 is 29.6 Å². The van der Waals surface area contributed by atoms with Crippen molar-refractivity contribution >= 4 is 22.9 Å². The van der Waals surface area contributed by atoms with Crippen LogP contribution in [0.25, 0.3) is 0 Å². The van der Waals surface area contributed by atoms with E-state index in [1.54, 1.807) is 0 Å². The molecule has 1 fully saturated rings. The van der Waals surface area contributed by atoms with Crippen LogP contribution in [0.4, 0.5) is 0 Å². The zero-order chi connectivity index (χ0) is 8.59. The van der Waals surface area contributed by atoms with E-state index in [1.165, 1.54) is 7.05 Å². The van der Waals surface area contributed by atoms with Crippen LogP contribution in [0.3, 0.4) is 0 Å². The molecule has 0 saturated carbocycles. The quantitative estimate of drug-likeness (QED) is 0.249. The Bertz CT molecular complexity index is 245. The van der Waals surface area contributed by atoms with E-state index in [0.717, 1.165) is 4.90 Å². The van der Waals surface area contributed by atoms with Crippen molar-refractivity contribution in [1.29, 1.82) is 0 Å². The molecule has 2 amide bonds. The van der Waals surface area contributed by atoms with Crippen LogP contribution in [0.5, 0.6) is 0 Å². The van der Waals surface area contributed by atoms with Gasteiger partial charge < -0.3 is 10.0 Å². The van der Waals surface area contributed by atoms with Crippen LogP contribution in [0.2, 0.25) is 0 Å². The molecule has 0 bridgehead atoms. The Morgan fingerprint density at radius 2 is 2.00 bits per heavy atom. The molecule has 1 N–H and O–H groups in total. The monoisotopic (exact) mass is 216 g/mol. The normalized spacial score (nSPS) is 23.5. The van der Waals surface area contributed by atoms with Gasteiger partial charge >= 0.3 is 29.6 Å². The smallest absolute Gasteiger partial charge is 0.870 e. The fourth-order valence-corrected chi connectivity index (χ4v) is 1.47. The Labute approximate surface area is 99.5 Å². The minimum Gasteiger partial charge on any atom is -0.870 e. The molecule has 2 unspecified atom stereocenters. The molecule has 6 nitrogen and oxygen atoms in total. The molecule has 70 valence electrons. The summed E-state index contributed by atoms with van der Waals surface area (Å²) in [7, 11) is 1.28. The van der Waals surface area contributed by atoms with Gasteiger partial charge in [0.25, 0.3) is 0 Å². The van der Waals surface area contributed by atoms with Gasteiger partial charge in [-0.2, -0.15) is 0 Å². The fraction of sp³-hybridized carbons (Fsp3) is 0.600. The maximum Gasteiger partial charge on any atom is 1.00 e. The molecule has 2 atom stereocenters. The number of imide groups is 1. The summed E-state index contributed by atoms with van der Waals surface area (Å²) in [4.78, 5) is 22.4. The van der Waals surface area contributed by atoms with Crippen LogP contribution in [-0.2, 0) is 20.7 Å². The first-order valence-corrected chi connectivity index (χ1v) is 4.06. The molecular weight excluding hydrogens is 209 g/mol. The van der Waals surface area contributed by atoms with Gasteiger partial charge in [-0.25, -0.2) is 0 Å². The van der Waals surface area contributed by atoms with Gasteiger partial charge in [-0.3, -0.25) is 18.7 Å².